The van der Waals surface area contributed by atoms with Crippen molar-refractivity contribution in [2.24, 2.45) is 4.99 Å². The molecule has 5 heteroatoms. The third-order valence-electron chi connectivity index (χ3n) is 4.95. The van der Waals surface area contributed by atoms with Crippen LogP contribution < -0.4 is 10.6 Å². The molecule has 1 unspecified atom stereocenters. The summed E-state index contributed by atoms with van der Waals surface area (Å²) < 4.78 is 5.75. The molecule has 26 heavy (non-hydrogen) atoms. The van der Waals surface area contributed by atoms with E-state index in [1.54, 1.807) is 0 Å². The van der Waals surface area contributed by atoms with Gasteiger partial charge in [0.1, 0.15) is 0 Å². The predicted octanol–water partition coefficient (Wildman–Crippen LogP) is 3.19. The number of ether oxygens (including phenoxy) is 1. The highest BCUT2D eigenvalue weighted by Gasteiger charge is 2.25. The molecule has 1 heterocycles. The second kappa shape index (κ2) is 9.93. The average molecular weight is 361 g/mol. The predicted molar refractivity (Wildman–Crippen MR) is 110 cm³/mol. The molecule has 0 amide bonds. The molecule has 146 valence electrons. The Labute approximate surface area is 159 Å². The van der Waals surface area contributed by atoms with Gasteiger partial charge in [0, 0.05) is 44.9 Å². The molecule has 0 radical (unpaired) electrons. The molecule has 0 aliphatic carbocycles. The van der Waals surface area contributed by atoms with Gasteiger partial charge < -0.3 is 20.3 Å². The van der Waals surface area contributed by atoms with E-state index in [2.05, 4.69) is 78.6 Å². The van der Waals surface area contributed by atoms with Crippen LogP contribution in [0, 0.1) is 0 Å². The molecule has 1 fully saturated rings. The topological polar surface area (TPSA) is 48.9 Å². The molecule has 5 nitrogen and oxygen atoms in total. The number of nitrogens with zero attached hydrogens (tertiary/aromatic N) is 2. The van der Waals surface area contributed by atoms with Gasteiger partial charge in [0.05, 0.1) is 6.10 Å². The molecule has 1 atom stereocenters. The molecule has 1 saturated heterocycles. The SMILES string of the molecule is CCOC1CCN(C(=NC)NCC(C)(C)NC(C)c2ccccc2)CC1. The van der Waals surface area contributed by atoms with E-state index < -0.39 is 0 Å². The quantitative estimate of drug-likeness (QED) is 0.579. The van der Waals surface area contributed by atoms with Gasteiger partial charge in [-0.25, -0.2) is 0 Å². The summed E-state index contributed by atoms with van der Waals surface area (Å²) in [5.74, 6) is 0.988. The summed E-state index contributed by atoms with van der Waals surface area (Å²) in [6.45, 7) is 12.4. The lowest BCUT2D eigenvalue weighted by molar-refractivity contribution is 0.0263. The highest BCUT2D eigenvalue weighted by molar-refractivity contribution is 5.80. The van der Waals surface area contributed by atoms with Crippen LogP contribution in [0.15, 0.2) is 35.3 Å². The van der Waals surface area contributed by atoms with Crippen molar-refractivity contribution < 1.29 is 4.74 Å². The minimum atomic E-state index is -0.0468. The van der Waals surface area contributed by atoms with Crippen molar-refractivity contribution in [2.45, 2.75) is 58.2 Å². The second-order valence-electron chi connectivity index (χ2n) is 7.70. The molecular weight excluding hydrogens is 324 g/mol. The fourth-order valence-corrected chi connectivity index (χ4v) is 3.56. The molecule has 2 N–H and O–H groups in total. The first-order valence-electron chi connectivity index (χ1n) is 9.85. The number of hydrogen-bond donors (Lipinski definition) is 2. The zero-order chi connectivity index (χ0) is 19.0. The number of benzene rings is 1. The molecule has 1 aliphatic heterocycles. The van der Waals surface area contributed by atoms with Crippen LogP contribution in [0.25, 0.3) is 0 Å². The van der Waals surface area contributed by atoms with Gasteiger partial charge in [-0.2, -0.15) is 0 Å². The lowest BCUT2D eigenvalue weighted by Crippen LogP contribution is -2.54. The Balaban J connectivity index is 1.83. The van der Waals surface area contributed by atoms with Crippen molar-refractivity contribution in [1.29, 1.82) is 0 Å². The molecule has 1 aromatic carbocycles. The smallest absolute Gasteiger partial charge is 0.193 e. The van der Waals surface area contributed by atoms with Gasteiger partial charge in [-0.3, -0.25) is 4.99 Å². The maximum absolute atomic E-state index is 5.75. The molecule has 0 spiro atoms. The monoisotopic (exact) mass is 360 g/mol. The number of aliphatic imine (C=N–C) groups is 1. The number of guanidine groups is 1. The number of nitrogens with one attached hydrogen (secondary N) is 2. The van der Waals surface area contributed by atoms with E-state index in [0.29, 0.717) is 12.1 Å². The lowest BCUT2D eigenvalue weighted by atomic mass is 10.0. The second-order valence-corrected chi connectivity index (χ2v) is 7.70. The van der Waals surface area contributed by atoms with Crippen LogP contribution in [0.3, 0.4) is 0 Å². The van der Waals surface area contributed by atoms with Crippen molar-refractivity contribution in [3.63, 3.8) is 0 Å². The third-order valence-corrected chi connectivity index (χ3v) is 4.95. The van der Waals surface area contributed by atoms with Gasteiger partial charge in [0.15, 0.2) is 5.96 Å². The Morgan fingerprint density at radius 1 is 1.27 bits per heavy atom. The van der Waals surface area contributed by atoms with Crippen LogP contribution in [0.4, 0.5) is 0 Å². The normalized spacial score (nSPS) is 18.0. The minimum Gasteiger partial charge on any atom is -0.378 e. The molecule has 0 saturated carbocycles. The Hall–Kier alpha value is -1.59. The summed E-state index contributed by atoms with van der Waals surface area (Å²) in [5, 5.41) is 7.28. The van der Waals surface area contributed by atoms with Crippen molar-refractivity contribution in [1.82, 2.24) is 15.5 Å². The lowest BCUT2D eigenvalue weighted by Gasteiger charge is -2.36. The van der Waals surface area contributed by atoms with E-state index in [0.717, 1.165) is 45.0 Å². The van der Waals surface area contributed by atoms with Crippen molar-refractivity contribution >= 4 is 5.96 Å². The van der Waals surface area contributed by atoms with E-state index in [1.165, 1.54) is 5.56 Å². The van der Waals surface area contributed by atoms with Gasteiger partial charge in [-0.15, -0.1) is 0 Å². The molecule has 0 bridgehead atoms. The Kier molecular flexibility index (Phi) is 7.91. The van der Waals surface area contributed by atoms with Crippen LogP contribution in [0.1, 0.15) is 52.1 Å². The van der Waals surface area contributed by atoms with Gasteiger partial charge in [-0.1, -0.05) is 30.3 Å². The first-order valence-corrected chi connectivity index (χ1v) is 9.85. The van der Waals surface area contributed by atoms with Gasteiger partial charge in [0.25, 0.3) is 0 Å². The first-order chi connectivity index (χ1) is 12.4. The Morgan fingerprint density at radius 3 is 2.50 bits per heavy atom. The molecule has 0 aromatic heterocycles. The number of hydrogen-bond acceptors (Lipinski definition) is 3. The molecule has 2 rings (SSSR count). The van der Waals surface area contributed by atoms with Crippen LogP contribution in [-0.2, 0) is 4.74 Å². The van der Waals surface area contributed by atoms with Crippen molar-refractivity contribution in [2.75, 3.05) is 33.3 Å². The highest BCUT2D eigenvalue weighted by Crippen LogP contribution is 2.17. The zero-order valence-corrected chi connectivity index (χ0v) is 17.1. The Bertz CT molecular complexity index is 550. The summed E-state index contributed by atoms with van der Waals surface area (Å²) in [6, 6.07) is 10.9. The van der Waals surface area contributed by atoms with Crippen molar-refractivity contribution in [3.05, 3.63) is 35.9 Å². The first kappa shape index (κ1) is 20.7. The number of piperidine rings is 1. The largest absolute Gasteiger partial charge is 0.378 e. The van der Waals surface area contributed by atoms with Gasteiger partial charge in [-0.05, 0) is 46.1 Å². The van der Waals surface area contributed by atoms with Gasteiger partial charge in [0.2, 0.25) is 0 Å². The maximum atomic E-state index is 5.75. The molecule has 1 aromatic rings. The third kappa shape index (κ3) is 6.29. The van der Waals surface area contributed by atoms with E-state index in [-0.39, 0.29) is 5.54 Å². The van der Waals surface area contributed by atoms with E-state index in [9.17, 15) is 0 Å². The summed E-state index contributed by atoms with van der Waals surface area (Å²) in [6.07, 6.45) is 2.54. The fourth-order valence-electron chi connectivity index (χ4n) is 3.56. The average Bonchev–Trinajstić information content (AvgIpc) is 2.64. The number of likely N-dealkylation sites (tertiary alicyclic amines) is 1. The maximum Gasteiger partial charge on any atom is 0.193 e. The van der Waals surface area contributed by atoms with Crippen LogP contribution >= 0.6 is 0 Å². The fraction of sp³-hybridized carbons (Fsp3) is 0.667. The molecule has 1 aliphatic rings. The molecular formula is C21H36N4O. The van der Waals surface area contributed by atoms with Crippen molar-refractivity contribution in [3.8, 4) is 0 Å². The number of rotatable bonds is 7. The highest BCUT2D eigenvalue weighted by atomic mass is 16.5. The summed E-state index contributed by atoms with van der Waals surface area (Å²) in [5.41, 5.74) is 1.26. The standard InChI is InChI=1S/C21H36N4O/c1-6-26-19-12-14-25(15-13-19)20(22-5)23-16-21(3,4)24-17(2)18-10-8-7-9-11-18/h7-11,17,19,24H,6,12-16H2,1-5H3,(H,22,23). The van der Waals surface area contributed by atoms with E-state index in [4.69, 9.17) is 4.74 Å². The Morgan fingerprint density at radius 2 is 1.92 bits per heavy atom. The summed E-state index contributed by atoms with van der Waals surface area (Å²) in [4.78, 5) is 6.83. The summed E-state index contributed by atoms with van der Waals surface area (Å²) >= 11 is 0. The van der Waals surface area contributed by atoms with Crippen LogP contribution in [0.2, 0.25) is 0 Å². The van der Waals surface area contributed by atoms with E-state index in [1.807, 2.05) is 7.05 Å². The zero-order valence-electron chi connectivity index (χ0n) is 17.1. The van der Waals surface area contributed by atoms with Gasteiger partial charge >= 0.3 is 0 Å². The van der Waals surface area contributed by atoms with Crippen LogP contribution in [-0.4, -0.2) is 55.8 Å². The summed E-state index contributed by atoms with van der Waals surface area (Å²) in [7, 11) is 1.87. The van der Waals surface area contributed by atoms with Crippen LogP contribution in [0.5, 0.6) is 0 Å². The van der Waals surface area contributed by atoms with E-state index >= 15 is 0 Å². The minimum absolute atomic E-state index is 0.0468.